The van der Waals surface area contributed by atoms with Crippen LogP contribution >= 0.6 is 0 Å². The predicted octanol–water partition coefficient (Wildman–Crippen LogP) is 0.192. The van der Waals surface area contributed by atoms with Gasteiger partial charge in [0.1, 0.15) is 0 Å². The van der Waals surface area contributed by atoms with Gasteiger partial charge in [-0.15, -0.1) is 0 Å². The Labute approximate surface area is 50.6 Å². The molecule has 8 heavy (non-hydrogen) atoms. The zero-order chi connectivity index (χ0) is 5.98. The molecule has 0 unspecified atom stereocenters. The van der Waals surface area contributed by atoms with Gasteiger partial charge >= 0.3 is 7.05 Å². The van der Waals surface area contributed by atoms with Crippen LogP contribution < -0.4 is 0 Å². The first-order valence-electron chi connectivity index (χ1n) is 3.23. The Morgan fingerprint density at radius 3 is 2.12 bits per heavy atom. The van der Waals surface area contributed by atoms with Crippen LogP contribution in [0.15, 0.2) is 0 Å². The molecule has 1 N–H and O–H groups in total. The molecule has 1 aliphatic heterocycles. The van der Waals surface area contributed by atoms with Gasteiger partial charge in [0.15, 0.2) is 0 Å². The van der Waals surface area contributed by atoms with E-state index in [1.54, 1.807) is 0 Å². The highest BCUT2D eigenvalue weighted by molar-refractivity contribution is 6.45. The molecule has 46 valence electrons. The smallest absolute Gasteiger partial charge is 0.376 e. The number of rotatable bonds is 1. The molecule has 0 aromatic carbocycles. The average molecular weight is 113 g/mol. The lowest BCUT2D eigenvalue weighted by molar-refractivity contribution is 0.424. The fraction of sp³-hybridized carbons (Fsp3) is 1.00. The molecule has 0 spiro atoms. The summed E-state index contributed by atoms with van der Waals surface area (Å²) in [7, 11) is -0.225. The zero-order valence-electron chi connectivity index (χ0n) is 5.30. The van der Waals surface area contributed by atoms with Gasteiger partial charge in [-0.05, 0) is 32.8 Å². The van der Waals surface area contributed by atoms with Crippen LogP contribution in [0, 0.1) is 0 Å². The molecule has 0 aliphatic carbocycles. The molecule has 1 rings (SSSR count). The van der Waals surface area contributed by atoms with E-state index in [2.05, 4.69) is 4.81 Å². The van der Waals surface area contributed by atoms with Crippen LogP contribution in [0.3, 0.4) is 0 Å². The van der Waals surface area contributed by atoms with Gasteiger partial charge in [0.2, 0.25) is 0 Å². The van der Waals surface area contributed by atoms with Crippen LogP contribution in [-0.4, -0.2) is 30.0 Å². The van der Waals surface area contributed by atoms with Crippen molar-refractivity contribution >= 4 is 7.05 Å². The Balaban J connectivity index is 2.24. The molecule has 0 bridgehead atoms. The van der Waals surface area contributed by atoms with Crippen molar-refractivity contribution in [1.29, 1.82) is 0 Å². The van der Waals surface area contributed by atoms with Crippen molar-refractivity contribution in [3.63, 3.8) is 0 Å². The highest BCUT2D eigenvalue weighted by atomic mass is 16.2. The molecule has 0 radical (unpaired) electrons. The maximum Gasteiger partial charge on any atom is 0.376 e. The summed E-state index contributed by atoms with van der Waals surface area (Å²) in [4.78, 5) is 2.08. The van der Waals surface area contributed by atoms with Crippen molar-refractivity contribution in [2.75, 3.05) is 13.1 Å². The van der Waals surface area contributed by atoms with Crippen LogP contribution in [0.1, 0.15) is 12.8 Å². The second-order valence-corrected chi connectivity index (χ2v) is 2.37. The Kier molecular flexibility index (Phi) is 1.92. The molecule has 0 atom stereocenters. The van der Waals surface area contributed by atoms with Crippen LogP contribution in [-0.2, 0) is 0 Å². The Bertz CT molecular complexity index is 70.8. The van der Waals surface area contributed by atoms with E-state index in [9.17, 15) is 0 Å². The third kappa shape index (κ3) is 1.23. The van der Waals surface area contributed by atoms with Gasteiger partial charge in [0.25, 0.3) is 0 Å². The maximum absolute atomic E-state index is 8.98. The molecule has 0 amide bonds. The van der Waals surface area contributed by atoms with E-state index in [0.717, 1.165) is 13.1 Å². The highest BCUT2D eigenvalue weighted by Crippen LogP contribution is 2.07. The summed E-state index contributed by atoms with van der Waals surface area (Å²) in [6.45, 7) is 3.99. The molecule has 3 heteroatoms. The molecular formula is C5H12BNO. The predicted molar refractivity (Wildman–Crippen MR) is 34.6 cm³/mol. The lowest BCUT2D eigenvalue weighted by atomic mass is 9.86. The average Bonchev–Trinajstić information content (AvgIpc) is 2.12. The van der Waals surface area contributed by atoms with Crippen LogP contribution in [0.2, 0.25) is 6.82 Å². The normalized spacial score (nSPS) is 21.8. The summed E-state index contributed by atoms with van der Waals surface area (Å²) in [5.74, 6) is 0. The minimum atomic E-state index is -0.225. The third-order valence-electron chi connectivity index (χ3n) is 1.67. The van der Waals surface area contributed by atoms with E-state index in [1.165, 1.54) is 12.8 Å². The monoisotopic (exact) mass is 113 g/mol. The molecule has 1 saturated heterocycles. The third-order valence-corrected chi connectivity index (χ3v) is 1.67. The standard InChI is InChI=1S/C5H12BNO/c1-6(8)7-4-2-3-5-7/h8H,2-5H2,1H3. The molecule has 0 aromatic rings. The van der Waals surface area contributed by atoms with Gasteiger partial charge < -0.3 is 9.83 Å². The lowest BCUT2D eigenvalue weighted by Crippen LogP contribution is -2.33. The van der Waals surface area contributed by atoms with Gasteiger partial charge in [-0.3, -0.25) is 0 Å². The zero-order valence-corrected chi connectivity index (χ0v) is 5.30. The maximum atomic E-state index is 8.98. The minimum absolute atomic E-state index is 0.225. The topological polar surface area (TPSA) is 23.5 Å². The van der Waals surface area contributed by atoms with Gasteiger partial charge in [0, 0.05) is 0 Å². The first-order valence-corrected chi connectivity index (χ1v) is 3.23. The van der Waals surface area contributed by atoms with Crippen molar-refractivity contribution in [1.82, 2.24) is 4.81 Å². The second kappa shape index (κ2) is 2.51. The highest BCUT2D eigenvalue weighted by Gasteiger charge is 2.18. The molecule has 2 nitrogen and oxygen atoms in total. The van der Waals surface area contributed by atoms with Gasteiger partial charge in [0.05, 0.1) is 0 Å². The summed E-state index contributed by atoms with van der Waals surface area (Å²) >= 11 is 0. The summed E-state index contributed by atoms with van der Waals surface area (Å²) in [5, 5.41) is 8.98. The van der Waals surface area contributed by atoms with E-state index in [1.807, 2.05) is 6.82 Å². The van der Waals surface area contributed by atoms with Crippen LogP contribution in [0.25, 0.3) is 0 Å². The summed E-state index contributed by atoms with van der Waals surface area (Å²) in [6, 6.07) is 0. The molecule has 1 fully saturated rings. The van der Waals surface area contributed by atoms with E-state index in [-0.39, 0.29) is 7.05 Å². The van der Waals surface area contributed by atoms with E-state index in [4.69, 9.17) is 5.02 Å². The van der Waals surface area contributed by atoms with Crippen LogP contribution in [0.4, 0.5) is 0 Å². The number of nitrogens with zero attached hydrogens (tertiary/aromatic N) is 1. The SMILES string of the molecule is CB(O)N1CCCC1. The molecule has 0 saturated carbocycles. The van der Waals surface area contributed by atoms with Crippen molar-refractivity contribution in [3.05, 3.63) is 0 Å². The largest absolute Gasteiger partial charge is 0.437 e. The first-order chi connectivity index (χ1) is 3.80. The Hall–Kier alpha value is -0.0151. The Morgan fingerprint density at radius 1 is 1.38 bits per heavy atom. The lowest BCUT2D eigenvalue weighted by Gasteiger charge is -2.13. The second-order valence-electron chi connectivity index (χ2n) is 2.37. The van der Waals surface area contributed by atoms with E-state index < -0.39 is 0 Å². The van der Waals surface area contributed by atoms with Crippen molar-refractivity contribution in [2.45, 2.75) is 19.7 Å². The van der Waals surface area contributed by atoms with Crippen molar-refractivity contribution < 1.29 is 5.02 Å². The summed E-state index contributed by atoms with van der Waals surface area (Å²) in [5.41, 5.74) is 0. The van der Waals surface area contributed by atoms with E-state index in [0.29, 0.717) is 0 Å². The van der Waals surface area contributed by atoms with Gasteiger partial charge in [-0.25, -0.2) is 0 Å². The minimum Gasteiger partial charge on any atom is -0.437 e. The molecule has 0 aromatic heterocycles. The molecular weight excluding hydrogens is 101 g/mol. The fourth-order valence-electron chi connectivity index (χ4n) is 1.12. The van der Waals surface area contributed by atoms with Crippen molar-refractivity contribution in [3.8, 4) is 0 Å². The Morgan fingerprint density at radius 2 is 1.88 bits per heavy atom. The van der Waals surface area contributed by atoms with Gasteiger partial charge in [-0.1, -0.05) is 0 Å². The quantitative estimate of drug-likeness (QED) is 0.490. The van der Waals surface area contributed by atoms with Crippen LogP contribution in [0.5, 0.6) is 0 Å². The number of hydrogen-bond acceptors (Lipinski definition) is 2. The molecule has 1 heterocycles. The summed E-state index contributed by atoms with van der Waals surface area (Å²) < 4.78 is 0. The van der Waals surface area contributed by atoms with E-state index >= 15 is 0 Å². The van der Waals surface area contributed by atoms with Crippen molar-refractivity contribution in [2.24, 2.45) is 0 Å². The first kappa shape index (κ1) is 6.11. The number of hydrogen-bond donors (Lipinski definition) is 1. The summed E-state index contributed by atoms with van der Waals surface area (Å²) in [6.07, 6.45) is 2.51. The molecule has 1 aliphatic rings. The fourth-order valence-corrected chi connectivity index (χ4v) is 1.12. The van der Waals surface area contributed by atoms with Gasteiger partial charge in [-0.2, -0.15) is 0 Å².